The molecule has 1 atom stereocenters. The molecule has 1 N–H and O–H groups in total. The first-order valence-corrected chi connectivity index (χ1v) is 13.8. The number of Topliss-reactive ketones (excluding diaryl/α,β-unsaturated/α-hetero) is 1. The summed E-state index contributed by atoms with van der Waals surface area (Å²) in [7, 11) is 0. The van der Waals surface area contributed by atoms with E-state index in [-0.39, 0.29) is 22.0 Å². The van der Waals surface area contributed by atoms with Gasteiger partial charge in [-0.1, -0.05) is 82.7 Å². The lowest BCUT2D eigenvalue weighted by molar-refractivity contribution is -0.132. The molecule has 0 spiro atoms. The number of rotatable bonds is 6. The van der Waals surface area contributed by atoms with Gasteiger partial charge in [0, 0.05) is 21.9 Å². The number of thioether (sulfide) groups is 1. The maximum atomic E-state index is 15.1. The molecule has 1 aliphatic rings. The summed E-state index contributed by atoms with van der Waals surface area (Å²) in [5, 5.41) is 20.5. The molecule has 1 aromatic heterocycles. The predicted molar refractivity (Wildman–Crippen MR) is 148 cm³/mol. The summed E-state index contributed by atoms with van der Waals surface area (Å²) < 4.78 is 15.7. The average Bonchev–Trinajstić information content (AvgIpc) is 3.47. The Morgan fingerprint density at radius 2 is 1.82 bits per heavy atom. The number of carbonyl (C=O) groups excluding carboxylic acids is 2. The van der Waals surface area contributed by atoms with Crippen LogP contribution in [0.3, 0.4) is 0 Å². The molecule has 2 heterocycles. The summed E-state index contributed by atoms with van der Waals surface area (Å²) in [4.78, 5) is 27.8. The van der Waals surface area contributed by atoms with Crippen molar-refractivity contribution in [3.63, 3.8) is 0 Å². The van der Waals surface area contributed by atoms with Gasteiger partial charge in [0.1, 0.15) is 17.6 Å². The van der Waals surface area contributed by atoms with E-state index >= 15 is 4.39 Å². The summed E-state index contributed by atoms with van der Waals surface area (Å²) in [5.41, 5.74) is 2.88. The SMILES string of the molecule is Cc1ccc(C)c(/C(O)=C2\C(=O)C(=O)N(c3nnc(SCc4ccc(Cl)cc4)s3)C2c2ccccc2F)c1. The van der Waals surface area contributed by atoms with E-state index in [1.54, 1.807) is 31.2 Å². The molecule has 10 heteroatoms. The highest BCUT2D eigenvalue weighted by molar-refractivity contribution is 8.00. The normalized spacial score (nSPS) is 16.8. The second-order valence-electron chi connectivity index (χ2n) is 8.77. The molecule has 0 radical (unpaired) electrons. The van der Waals surface area contributed by atoms with E-state index in [2.05, 4.69) is 10.2 Å². The Morgan fingerprint density at radius 1 is 1.08 bits per heavy atom. The Morgan fingerprint density at radius 3 is 2.55 bits per heavy atom. The van der Waals surface area contributed by atoms with E-state index in [4.69, 9.17) is 11.6 Å². The molecule has 1 saturated heterocycles. The summed E-state index contributed by atoms with van der Waals surface area (Å²) in [5.74, 6) is -2.20. The fourth-order valence-electron chi connectivity index (χ4n) is 4.24. The fourth-order valence-corrected chi connectivity index (χ4v) is 6.19. The van der Waals surface area contributed by atoms with Crippen molar-refractivity contribution < 1.29 is 19.1 Å². The first-order chi connectivity index (χ1) is 18.2. The van der Waals surface area contributed by atoms with Gasteiger partial charge in [-0.05, 0) is 49.2 Å². The minimum absolute atomic E-state index is 0.0733. The molecule has 4 aromatic rings. The highest BCUT2D eigenvalue weighted by atomic mass is 35.5. The highest BCUT2D eigenvalue weighted by Gasteiger charge is 2.49. The molecule has 38 heavy (non-hydrogen) atoms. The molecule has 0 aliphatic carbocycles. The molecule has 3 aromatic carbocycles. The van der Waals surface area contributed by atoms with Crippen LogP contribution in [-0.4, -0.2) is 27.0 Å². The molecule has 1 fully saturated rings. The zero-order valence-electron chi connectivity index (χ0n) is 20.3. The molecule has 0 saturated carbocycles. The molecule has 1 amide bonds. The molecule has 1 aliphatic heterocycles. The Hall–Kier alpha value is -3.53. The number of nitrogens with zero attached hydrogens (tertiary/aromatic N) is 3. The predicted octanol–water partition coefficient (Wildman–Crippen LogP) is 6.87. The monoisotopic (exact) mass is 565 g/mol. The first kappa shape index (κ1) is 26.1. The van der Waals surface area contributed by atoms with Gasteiger partial charge in [0.15, 0.2) is 4.34 Å². The Balaban J connectivity index is 1.57. The van der Waals surface area contributed by atoms with Crippen molar-refractivity contribution in [1.29, 1.82) is 0 Å². The van der Waals surface area contributed by atoms with Crippen molar-refractivity contribution >= 4 is 57.3 Å². The van der Waals surface area contributed by atoms with Crippen LogP contribution in [0.1, 0.15) is 33.9 Å². The summed E-state index contributed by atoms with van der Waals surface area (Å²) >= 11 is 8.49. The van der Waals surface area contributed by atoms with Gasteiger partial charge in [0.2, 0.25) is 5.13 Å². The largest absolute Gasteiger partial charge is 0.507 e. The number of hydrogen-bond acceptors (Lipinski definition) is 7. The van der Waals surface area contributed by atoms with Crippen LogP contribution in [0.5, 0.6) is 0 Å². The zero-order chi connectivity index (χ0) is 27.0. The number of benzene rings is 3. The van der Waals surface area contributed by atoms with E-state index in [0.29, 0.717) is 26.2 Å². The number of ketones is 1. The fraction of sp³-hybridized carbons (Fsp3) is 0.143. The van der Waals surface area contributed by atoms with E-state index in [0.717, 1.165) is 27.4 Å². The second kappa shape index (κ2) is 10.7. The number of hydrogen-bond donors (Lipinski definition) is 1. The zero-order valence-corrected chi connectivity index (χ0v) is 22.7. The Bertz CT molecular complexity index is 1590. The molecular formula is C28H21ClFN3O3S2. The van der Waals surface area contributed by atoms with Crippen molar-refractivity contribution in [1.82, 2.24) is 10.2 Å². The van der Waals surface area contributed by atoms with E-state index in [9.17, 15) is 14.7 Å². The molecule has 5 rings (SSSR count). The van der Waals surface area contributed by atoms with Crippen LogP contribution in [0, 0.1) is 19.7 Å². The smallest absolute Gasteiger partial charge is 0.301 e. The molecular weight excluding hydrogens is 545 g/mol. The summed E-state index contributed by atoms with van der Waals surface area (Å²) in [6.45, 7) is 3.64. The number of carbonyl (C=O) groups is 2. The molecule has 0 bridgehead atoms. The lowest BCUT2D eigenvalue weighted by atomic mass is 9.93. The Labute approximate surface area is 231 Å². The van der Waals surface area contributed by atoms with Crippen LogP contribution in [0.4, 0.5) is 9.52 Å². The number of aliphatic hydroxyl groups excluding tert-OH is 1. The van der Waals surface area contributed by atoms with Gasteiger partial charge < -0.3 is 5.11 Å². The summed E-state index contributed by atoms with van der Waals surface area (Å²) in [6, 6.07) is 17.5. The van der Waals surface area contributed by atoms with E-state index in [1.807, 2.05) is 31.2 Å². The van der Waals surface area contributed by atoms with Crippen LogP contribution >= 0.6 is 34.7 Å². The lowest BCUT2D eigenvalue weighted by Crippen LogP contribution is -2.29. The van der Waals surface area contributed by atoms with E-state index < -0.39 is 23.5 Å². The van der Waals surface area contributed by atoms with Gasteiger partial charge in [-0.15, -0.1) is 10.2 Å². The third-order valence-electron chi connectivity index (χ3n) is 6.17. The summed E-state index contributed by atoms with van der Waals surface area (Å²) in [6.07, 6.45) is 0. The van der Waals surface area contributed by atoms with Crippen LogP contribution in [0.25, 0.3) is 5.76 Å². The molecule has 1 unspecified atom stereocenters. The number of amides is 1. The third-order valence-corrected chi connectivity index (χ3v) is 8.55. The van der Waals surface area contributed by atoms with Crippen molar-refractivity contribution in [2.45, 2.75) is 30.0 Å². The molecule has 192 valence electrons. The second-order valence-corrected chi connectivity index (χ2v) is 11.4. The first-order valence-electron chi connectivity index (χ1n) is 11.6. The minimum Gasteiger partial charge on any atom is -0.507 e. The average molecular weight is 566 g/mol. The van der Waals surface area contributed by atoms with Crippen LogP contribution in [-0.2, 0) is 15.3 Å². The highest BCUT2D eigenvalue weighted by Crippen LogP contribution is 2.45. The van der Waals surface area contributed by atoms with E-state index in [1.165, 1.54) is 30.0 Å². The minimum atomic E-state index is -1.21. The standard InChI is InChI=1S/C28H21ClFN3O3S2/c1-15-7-8-16(2)20(13-15)24(34)22-23(19-5-3-4-6-21(19)30)33(26(36)25(22)35)27-31-32-28(38-27)37-14-17-9-11-18(29)12-10-17/h3-13,23,34H,14H2,1-2H3/b24-22+. The Kier molecular flexibility index (Phi) is 7.34. The van der Waals surface area contributed by atoms with Gasteiger partial charge >= 0.3 is 5.91 Å². The topological polar surface area (TPSA) is 83.4 Å². The van der Waals surface area contributed by atoms with Crippen molar-refractivity contribution in [2.24, 2.45) is 0 Å². The van der Waals surface area contributed by atoms with Crippen molar-refractivity contribution in [2.75, 3.05) is 4.90 Å². The lowest BCUT2D eigenvalue weighted by Gasteiger charge is -2.23. The van der Waals surface area contributed by atoms with Crippen LogP contribution in [0.2, 0.25) is 5.02 Å². The third kappa shape index (κ3) is 4.97. The van der Waals surface area contributed by atoms with Gasteiger partial charge in [-0.3, -0.25) is 14.5 Å². The van der Waals surface area contributed by atoms with Gasteiger partial charge in [0.05, 0.1) is 5.57 Å². The number of aromatic nitrogens is 2. The maximum absolute atomic E-state index is 15.1. The quantitative estimate of drug-likeness (QED) is 0.0903. The van der Waals surface area contributed by atoms with Crippen molar-refractivity contribution in [3.8, 4) is 0 Å². The van der Waals surface area contributed by atoms with Gasteiger partial charge in [-0.2, -0.15) is 0 Å². The van der Waals surface area contributed by atoms with Crippen LogP contribution < -0.4 is 4.90 Å². The van der Waals surface area contributed by atoms with Gasteiger partial charge in [-0.25, -0.2) is 4.39 Å². The number of aryl methyl sites for hydroxylation is 2. The molecule has 6 nitrogen and oxygen atoms in total. The van der Waals surface area contributed by atoms with Gasteiger partial charge in [0.25, 0.3) is 5.78 Å². The number of aliphatic hydroxyl groups is 1. The van der Waals surface area contributed by atoms with Crippen molar-refractivity contribution in [3.05, 3.63) is 111 Å². The maximum Gasteiger partial charge on any atom is 0.301 e. The van der Waals surface area contributed by atoms with Crippen LogP contribution in [0.15, 0.2) is 76.6 Å². The number of anilines is 1. The number of halogens is 2.